The van der Waals surface area contributed by atoms with Gasteiger partial charge in [0.25, 0.3) is 15.1 Å². The van der Waals surface area contributed by atoms with Gasteiger partial charge in [0.15, 0.2) is 6.54 Å². The molecule has 7 nitrogen and oxygen atoms in total. The van der Waals surface area contributed by atoms with Gasteiger partial charge >= 0.3 is 0 Å². The van der Waals surface area contributed by atoms with Gasteiger partial charge in [-0.05, 0) is 84.9 Å². The van der Waals surface area contributed by atoms with E-state index in [0.29, 0.717) is 32.1 Å². The van der Waals surface area contributed by atoms with Gasteiger partial charge in [-0.15, -0.1) is 0 Å². The Morgan fingerprint density at radius 1 is 0.792 bits per heavy atom. The first kappa shape index (κ1) is 34.9. The number of hydrogen-bond donors (Lipinski definition) is 1. The monoisotopic (exact) mass is 889 g/mol. The van der Waals surface area contributed by atoms with E-state index in [1.54, 1.807) is 23.1 Å². The number of hydrogen-bond acceptors (Lipinski definition) is 7. The molecule has 1 aliphatic rings. The molecule has 0 saturated heterocycles. The lowest BCUT2D eigenvalue weighted by Crippen LogP contribution is -2.38. The fourth-order valence-corrected chi connectivity index (χ4v) is 8.55. The van der Waals surface area contributed by atoms with Crippen LogP contribution in [0, 0.1) is 0 Å². The maximum atomic E-state index is 11.3. The molecule has 0 bridgehead atoms. The zero-order valence-corrected chi connectivity index (χ0v) is 32.3. The van der Waals surface area contributed by atoms with Crippen LogP contribution in [0.4, 0.5) is 5.69 Å². The number of ether oxygens (including phenoxy) is 2. The van der Waals surface area contributed by atoms with Crippen molar-refractivity contribution in [3.63, 3.8) is 0 Å². The molecule has 0 unspecified atom stereocenters. The molecule has 0 aliphatic carbocycles. The van der Waals surface area contributed by atoms with Crippen molar-refractivity contribution in [3.05, 3.63) is 133 Å². The van der Waals surface area contributed by atoms with Crippen LogP contribution >= 0.6 is 70.9 Å². The summed E-state index contributed by atoms with van der Waals surface area (Å²) in [5.74, 6) is 1.35. The zero-order valence-electron chi connectivity index (χ0n) is 25.1. The highest BCUT2D eigenvalue weighted by Crippen LogP contribution is 2.46. The van der Waals surface area contributed by atoms with E-state index in [0.717, 1.165) is 45.3 Å². The summed E-state index contributed by atoms with van der Waals surface area (Å²) in [6.07, 6.45) is 10.3. The van der Waals surface area contributed by atoms with E-state index >= 15 is 0 Å². The molecule has 6 rings (SSSR count). The molecule has 1 aromatic heterocycles. The predicted molar refractivity (Wildman–Crippen MR) is 205 cm³/mol. The maximum absolute atomic E-state index is 11.3. The molecule has 1 N–H and O–H groups in total. The van der Waals surface area contributed by atoms with Crippen LogP contribution in [0.1, 0.15) is 5.01 Å². The van der Waals surface area contributed by atoms with E-state index in [1.807, 2.05) is 42.5 Å². The minimum absolute atomic E-state index is 0.170. The van der Waals surface area contributed by atoms with E-state index < -0.39 is 10.1 Å². The van der Waals surface area contributed by atoms with E-state index in [1.165, 1.54) is 29.0 Å². The van der Waals surface area contributed by atoms with Crippen molar-refractivity contribution in [1.82, 2.24) is 0 Å². The fourth-order valence-electron chi connectivity index (χ4n) is 4.95. The summed E-state index contributed by atoms with van der Waals surface area (Å²) in [5, 5.41) is 2.18. The molecule has 48 heavy (non-hydrogen) atoms. The van der Waals surface area contributed by atoms with Gasteiger partial charge < -0.3 is 14.4 Å². The lowest BCUT2D eigenvalue weighted by atomic mass is 10.3. The van der Waals surface area contributed by atoms with Gasteiger partial charge in [0.1, 0.15) is 29.4 Å². The second kappa shape index (κ2) is 15.8. The van der Waals surface area contributed by atoms with Crippen molar-refractivity contribution in [1.29, 1.82) is 0 Å². The molecule has 13 heteroatoms. The minimum Gasteiger partial charge on any atom is -0.492 e. The topological polar surface area (TPSA) is 80.0 Å². The van der Waals surface area contributed by atoms with Crippen LogP contribution in [0.2, 0.25) is 0 Å². The summed E-state index contributed by atoms with van der Waals surface area (Å²) in [7, 11) is -4.25. The quantitative estimate of drug-likeness (QED) is 0.0760. The van der Waals surface area contributed by atoms with Crippen LogP contribution in [0.5, 0.6) is 11.5 Å². The number of aromatic nitrogens is 1. The Labute approximate surface area is 312 Å². The van der Waals surface area contributed by atoms with Gasteiger partial charge in [0, 0.05) is 30.5 Å². The SMILES string of the molecule is O=S(=O)(O)c1ccc(OCCN2C(=CC=CC=Cc3sc4ccc(Br)cc4[n+]3CCOc3ccc(Br)cc3)Sc3ccc(Br)cc32)cc1. The Morgan fingerprint density at radius 2 is 1.46 bits per heavy atom. The first-order valence-corrected chi connectivity index (χ1v) is 20.1. The van der Waals surface area contributed by atoms with E-state index in [9.17, 15) is 13.0 Å². The van der Waals surface area contributed by atoms with E-state index in [-0.39, 0.29) is 4.90 Å². The molecule has 1 aliphatic heterocycles. The van der Waals surface area contributed by atoms with Gasteiger partial charge in [0.05, 0.1) is 22.2 Å². The Bertz CT molecular complexity index is 2130. The third kappa shape index (κ3) is 8.81. The van der Waals surface area contributed by atoms with Crippen LogP contribution in [0.3, 0.4) is 0 Å². The number of benzene rings is 4. The number of rotatable bonds is 12. The first-order valence-electron chi connectivity index (χ1n) is 14.6. The summed E-state index contributed by atoms with van der Waals surface area (Å²) < 4.78 is 50.4. The fraction of sp³-hybridized carbons (Fsp3) is 0.114. The highest BCUT2D eigenvalue weighted by molar-refractivity contribution is 9.11. The Balaban J connectivity index is 1.15. The van der Waals surface area contributed by atoms with Gasteiger partial charge in [-0.25, -0.2) is 0 Å². The van der Waals surface area contributed by atoms with Gasteiger partial charge in [-0.3, -0.25) is 4.55 Å². The molecule has 0 saturated carbocycles. The van der Waals surface area contributed by atoms with Crippen LogP contribution < -0.4 is 18.9 Å². The van der Waals surface area contributed by atoms with Crippen molar-refractivity contribution < 1.29 is 27.0 Å². The van der Waals surface area contributed by atoms with Gasteiger partial charge in [0.2, 0.25) is 5.52 Å². The van der Waals surface area contributed by atoms with Crippen LogP contribution in [0.15, 0.2) is 137 Å². The van der Waals surface area contributed by atoms with Crippen molar-refractivity contribution in [2.75, 3.05) is 24.7 Å². The molecular weight excluding hydrogens is 864 g/mol. The Morgan fingerprint density at radius 3 is 2.21 bits per heavy atom. The number of fused-ring (bicyclic) bond motifs is 2. The van der Waals surface area contributed by atoms with Gasteiger partial charge in [-0.2, -0.15) is 13.0 Å². The number of allylic oxidation sites excluding steroid dienone is 4. The Hall–Kier alpha value is -2.91. The second-order valence-electron chi connectivity index (χ2n) is 10.4. The summed E-state index contributed by atoms with van der Waals surface area (Å²) in [6, 6.07) is 26.1. The number of anilines is 1. The zero-order chi connectivity index (χ0) is 33.7. The van der Waals surface area contributed by atoms with Crippen molar-refractivity contribution in [3.8, 4) is 11.5 Å². The standard InChI is InChI=1S/C35H27Br3N2O5S3/c36-24-6-10-27(11-7-24)44-20-18-39-30-22-25(37)8-16-32(30)46-34(39)4-2-1-3-5-35-40(31-23-26(38)9-17-33(31)47-35)19-21-45-28-12-14-29(15-13-28)48(41,42)43/h1-17,22-23H,18-21H2/p+1. The largest absolute Gasteiger partial charge is 0.492 e. The van der Waals surface area contributed by atoms with E-state index in [4.69, 9.17) is 9.47 Å². The second-order valence-corrected chi connectivity index (χ2v) is 16.7. The van der Waals surface area contributed by atoms with Gasteiger partial charge in [-0.1, -0.05) is 89.1 Å². The smallest absolute Gasteiger partial charge is 0.294 e. The molecule has 5 aromatic rings. The average molecular weight is 893 g/mol. The highest BCUT2D eigenvalue weighted by atomic mass is 79.9. The third-order valence-corrected chi connectivity index (χ3v) is 11.8. The molecular formula is C35H28Br3N2O5S3+. The highest BCUT2D eigenvalue weighted by Gasteiger charge is 2.25. The number of thioether (sulfide) groups is 1. The van der Waals surface area contributed by atoms with Crippen LogP contribution in [0.25, 0.3) is 16.3 Å². The first-order chi connectivity index (χ1) is 23.1. The van der Waals surface area contributed by atoms with Crippen molar-refractivity contribution in [2.45, 2.75) is 16.3 Å². The normalized spacial score (nSPS) is 14.1. The minimum atomic E-state index is -4.25. The lowest BCUT2D eigenvalue weighted by molar-refractivity contribution is -0.669. The van der Waals surface area contributed by atoms with Crippen LogP contribution in [-0.2, 0) is 16.7 Å². The molecule has 0 amide bonds. The molecule has 0 fully saturated rings. The lowest BCUT2D eigenvalue weighted by Gasteiger charge is -2.20. The summed E-state index contributed by atoms with van der Waals surface area (Å²) in [5.41, 5.74) is 2.23. The molecule has 4 aromatic carbocycles. The van der Waals surface area contributed by atoms with Crippen LogP contribution in [-0.4, -0.2) is 32.7 Å². The third-order valence-electron chi connectivity index (χ3n) is 7.19. The number of halogens is 3. The summed E-state index contributed by atoms with van der Waals surface area (Å²) in [6.45, 7) is 2.18. The predicted octanol–water partition coefficient (Wildman–Crippen LogP) is 9.90. The molecule has 2 heterocycles. The number of thiazole rings is 1. The summed E-state index contributed by atoms with van der Waals surface area (Å²) >= 11 is 14.1. The molecule has 0 radical (unpaired) electrons. The summed E-state index contributed by atoms with van der Waals surface area (Å²) in [4.78, 5) is 3.18. The van der Waals surface area contributed by atoms with Crippen molar-refractivity contribution >= 4 is 103 Å². The Kier molecular flexibility index (Phi) is 11.5. The van der Waals surface area contributed by atoms with Crippen molar-refractivity contribution in [2.24, 2.45) is 0 Å². The van der Waals surface area contributed by atoms with E-state index in [2.05, 4.69) is 106 Å². The maximum Gasteiger partial charge on any atom is 0.294 e. The average Bonchev–Trinajstić information content (AvgIpc) is 3.58. The molecule has 0 atom stereocenters. The number of nitrogens with zero attached hydrogens (tertiary/aromatic N) is 2. The molecule has 246 valence electrons. The molecule has 0 spiro atoms.